The van der Waals surface area contributed by atoms with Gasteiger partial charge in [0.25, 0.3) is 0 Å². The Morgan fingerprint density at radius 2 is 2.05 bits per heavy atom. The maximum Gasteiger partial charge on any atom is 0.242 e. The molecule has 0 heterocycles. The molecule has 20 heavy (non-hydrogen) atoms. The summed E-state index contributed by atoms with van der Waals surface area (Å²) in [6.07, 6.45) is -0.0954. The van der Waals surface area contributed by atoms with Gasteiger partial charge in [0.1, 0.15) is 4.90 Å². The molecule has 4 N–H and O–H groups in total. The predicted octanol–water partition coefficient (Wildman–Crippen LogP) is 0.250. The van der Waals surface area contributed by atoms with Crippen LogP contribution >= 0.6 is 0 Å². The maximum atomic E-state index is 11.7. The van der Waals surface area contributed by atoms with Gasteiger partial charge in [0.15, 0.2) is 0 Å². The van der Waals surface area contributed by atoms with Crippen LogP contribution in [0.4, 0.5) is 11.4 Å². The third-order valence-electron chi connectivity index (χ3n) is 2.79. The summed E-state index contributed by atoms with van der Waals surface area (Å²) in [4.78, 5) is 0.0609. The third-order valence-corrected chi connectivity index (χ3v) is 4.28. The van der Waals surface area contributed by atoms with E-state index in [0.717, 1.165) is 5.69 Å². The summed E-state index contributed by atoms with van der Waals surface area (Å²) in [6.45, 7) is 0.993. The van der Waals surface area contributed by atoms with Gasteiger partial charge in [0, 0.05) is 26.5 Å². The predicted molar refractivity (Wildman–Crippen MR) is 78.3 cm³/mol. The molecule has 8 heteroatoms. The van der Waals surface area contributed by atoms with Crippen LogP contribution in [0.3, 0.4) is 0 Å². The van der Waals surface area contributed by atoms with Crippen molar-refractivity contribution in [2.24, 2.45) is 0 Å². The van der Waals surface area contributed by atoms with E-state index in [9.17, 15) is 8.42 Å². The zero-order chi connectivity index (χ0) is 15.2. The number of nitrogens with one attached hydrogen (secondary N) is 2. The van der Waals surface area contributed by atoms with Crippen molar-refractivity contribution < 1.29 is 17.9 Å². The Morgan fingerprint density at radius 1 is 1.35 bits per heavy atom. The van der Waals surface area contributed by atoms with Crippen LogP contribution < -0.4 is 15.8 Å². The van der Waals surface area contributed by atoms with Crippen molar-refractivity contribution in [2.75, 3.05) is 45.5 Å². The lowest BCUT2D eigenvalue weighted by molar-refractivity contribution is 0.0365. The maximum absolute atomic E-state index is 11.7. The van der Waals surface area contributed by atoms with Gasteiger partial charge < -0.3 is 20.5 Å². The smallest absolute Gasteiger partial charge is 0.242 e. The van der Waals surface area contributed by atoms with Crippen LogP contribution in [0.25, 0.3) is 0 Å². The lowest BCUT2D eigenvalue weighted by atomic mass is 10.2. The van der Waals surface area contributed by atoms with E-state index in [1.54, 1.807) is 26.4 Å². The lowest BCUT2D eigenvalue weighted by Crippen LogP contribution is -2.26. The summed E-state index contributed by atoms with van der Waals surface area (Å²) < 4.78 is 35.8. The number of anilines is 2. The molecule has 1 aromatic rings. The SMILES string of the molecule is CNS(=O)(=O)c1ccc(NCC(COC)OC)cc1N. The second-order valence-electron chi connectivity index (χ2n) is 4.15. The highest BCUT2D eigenvalue weighted by molar-refractivity contribution is 7.89. The molecule has 1 unspecified atom stereocenters. The van der Waals surface area contributed by atoms with Crippen LogP contribution in [-0.2, 0) is 19.5 Å². The number of hydrogen-bond donors (Lipinski definition) is 3. The van der Waals surface area contributed by atoms with E-state index >= 15 is 0 Å². The van der Waals surface area contributed by atoms with E-state index in [2.05, 4.69) is 10.0 Å². The normalized spacial score (nSPS) is 13.2. The molecule has 7 nitrogen and oxygen atoms in total. The molecule has 1 aromatic carbocycles. The number of rotatable bonds is 8. The van der Waals surface area contributed by atoms with Crippen LogP contribution in [0, 0.1) is 0 Å². The Balaban J connectivity index is 2.78. The van der Waals surface area contributed by atoms with Gasteiger partial charge in [-0.2, -0.15) is 0 Å². The molecule has 0 bridgehead atoms. The van der Waals surface area contributed by atoms with Crippen LogP contribution in [-0.4, -0.2) is 48.9 Å². The minimum absolute atomic E-state index is 0.0609. The summed E-state index contributed by atoms with van der Waals surface area (Å²) >= 11 is 0. The zero-order valence-electron chi connectivity index (χ0n) is 11.8. The molecule has 0 radical (unpaired) electrons. The monoisotopic (exact) mass is 303 g/mol. The number of sulfonamides is 1. The fourth-order valence-electron chi connectivity index (χ4n) is 1.64. The average Bonchev–Trinajstić information content (AvgIpc) is 2.43. The molecule has 0 saturated carbocycles. The van der Waals surface area contributed by atoms with Crippen molar-refractivity contribution in [3.8, 4) is 0 Å². The van der Waals surface area contributed by atoms with E-state index in [4.69, 9.17) is 15.2 Å². The fourth-order valence-corrected chi connectivity index (χ4v) is 2.48. The van der Waals surface area contributed by atoms with E-state index in [0.29, 0.717) is 13.2 Å². The van der Waals surface area contributed by atoms with Crippen molar-refractivity contribution in [3.63, 3.8) is 0 Å². The fraction of sp³-hybridized carbons (Fsp3) is 0.500. The molecule has 1 rings (SSSR count). The summed E-state index contributed by atoms with van der Waals surface area (Å²) in [5, 5.41) is 3.12. The summed E-state index contributed by atoms with van der Waals surface area (Å²) in [6, 6.07) is 4.69. The topological polar surface area (TPSA) is 103 Å². The number of nitrogen functional groups attached to an aromatic ring is 1. The van der Waals surface area contributed by atoms with Crippen molar-refractivity contribution in [3.05, 3.63) is 18.2 Å². The molecule has 0 aliphatic carbocycles. The highest BCUT2D eigenvalue weighted by Crippen LogP contribution is 2.22. The Morgan fingerprint density at radius 3 is 2.55 bits per heavy atom. The molecular formula is C12H21N3O4S. The quantitative estimate of drug-likeness (QED) is 0.595. The summed E-state index contributed by atoms with van der Waals surface area (Å²) in [5.74, 6) is 0. The van der Waals surface area contributed by atoms with Gasteiger partial charge in [0.2, 0.25) is 10.0 Å². The van der Waals surface area contributed by atoms with Crippen molar-refractivity contribution >= 4 is 21.4 Å². The highest BCUT2D eigenvalue weighted by atomic mass is 32.2. The minimum Gasteiger partial charge on any atom is -0.398 e. The van der Waals surface area contributed by atoms with Gasteiger partial charge in [-0.05, 0) is 25.2 Å². The molecule has 0 aliphatic rings. The van der Waals surface area contributed by atoms with Crippen molar-refractivity contribution in [1.82, 2.24) is 4.72 Å². The number of benzene rings is 1. The molecule has 114 valence electrons. The Hall–Kier alpha value is -1.35. The Bertz CT molecular complexity index is 534. The van der Waals surface area contributed by atoms with Crippen LogP contribution in [0.5, 0.6) is 0 Å². The number of hydrogen-bond acceptors (Lipinski definition) is 6. The number of ether oxygens (including phenoxy) is 2. The van der Waals surface area contributed by atoms with E-state index in [1.165, 1.54) is 13.1 Å². The van der Waals surface area contributed by atoms with E-state index in [-0.39, 0.29) is 16.7 Å². The molecule has 0 spiro atoms. The highest BCUT2D eigenvalue weighted by Gasteiger charge is 2.15. The van der Waals surface area contributed by atoms with Gasteiger partial charge in [0.05, 0.1) is 18.4 Å². The van der Waals surface area contributed by atoms with Crippen molar-refractivity contribution in [2.45, 2.75) is 11.0 Å². The average molecular weight is 303 g/mol. The first-order chi connectivity index (χ1) is 9.44. The van der Waals surface area contributed by atoms with Crippen LogP contribution in [0.15, 0.2) is 23.1 Å². The van der Waals surface area contributed by atoms with Crippen LogP contribution in [0.2, 0.25) is 0 Å². The van der Waals surface area contributed by atoms with Gasteiger partial charge in [-0.15, -0.1) is 0 Å². The second kappa shape index (κ2) is 7.44. The summed E-state index contributed by atoms with van der Waals surface area (Å²) in [7, 11) is 1.00. The lowest BCUT2D eigenvalue weighted by Gasteiger charge is -2.16. The number of nitrogens with two attached hydrogens (primary N) is 1. The molecular weight excluding hydrogens is 282 g/mol. The van der Waals surface area contributed by atoms with Crippen molar-refractivity contribution in [1.29, 1.82) is 0 Å². The van der Waals surface area contributed by atoms with Gasteiger partial charge in [-0.1, -0.05) is 0 Å². The third kappa shape index (κ3) is 4.34. The standard InChI is InChI=1S/C12H21N3O4S/c1-14-20(16,17)12-5-4-9(6-11(12)13)15-7-10(19-3)8-18-2/h4-6,10,14-15H,7-8,13H2,1-3H3. The first-order valence-electron chi connectivity index (χ1n) is 6.03. The first kappa shape index (κ1) is 16.7. The van der Waals surface area contributed by atoms with Crippen LogP contribution in [0.1, 0.15) is 0 Å². The Labute approximate surface area is 119 Å². The number of methoxy groups -OCH3 is 2. The van der Waals surface area contributed by atoms with Gasteiger partial charge in [-0.3, -0.25) is 0 Å². The molecule has 1 atom stereocenters. The summed E-state index contributed by atoms with van der Waals surface area (Å²) in [5.41, 5.74) is 6.67. The second-order valence-corrected chi connectivity index (χ2v) is 6.01. The molecule has 0 fully saturated rings. The van der Waals surface area contributed by atoms with Gasteiger partial charge >= 0.3 is 0 Å². The molecule has 0 saturated heterocycles. The van der Waals surface area contributed by atoms with E-state index in [1.807, 2.05) is 0 Å². The first-order valence-corrected chi connectivity index (χ1v) is 7.51. The molecule has 0 amide bonds. The zero-order valence-corrected chi connectivity index (χ0v) is 12.7. The Kier molecular flexibility index (Phi) is 6.21. The minimum atomic E-state index is -3.54. The van der Waals surface area contributed by atoms with Gasteiger partial charge in [-0.25, -0.2) is 13.1 Å². The molecule has 0 aromatic heterocycles. The van der Waals surface area contributed by atoms with E-state index < -0.39 is 10.0 Å². The molecule has 0 aliphatic heterocycles. The largest absolute Gasteiger partial charge is 0.398 e.